The molecule has 43 heavy (non-hydrogen) atoms. The van der Waals surface area contributed by atoms with Crippen LogP contribution in [0.25, 0.3) is 0 Å². The maximum absolute atomic E-state index is 13.3. The summed E-state index contributed by atoms with van der Waals surface area (Å²) in [6.45, 7) is 6.40. The molecule has 0 bridgehead atoms. The van der Waals surface area contributed by atoms with Crippen molar-refractivity contribution in [3.63, 3.8) is 0 Å². The van der Waals surface area contributed by atoms with Gasteiger partial charge in [0.2, 0.25) is 22.6 Å². The predicted octanol–water partition coefficient (Wildman–Crippen LogP) is 4.27. The Balaban J connectivity index is 1.50. The fraction of sp³-hybridized carbons (Fsp3) is 0.581. The Morgan fingerprint density at radius 1 is 0.977 bits per heavy atom. The largest absolute Gasteiger partial charge is 0.493 e. The molecule has 5 rings (SSSR count). The Hall–Kier alpha value is -3.22. The van der Waals surface area contributed by atoms with Gasteiger partial charge in [-0.15, -0.1) is 0 Å². The molecule has 3 heterocycles. The number of likely N-dealkylation sites (tertiary alicyclic amines) is 1. The summed E-state index contributed by atoms with van der Waals surface area (Å²) in [7, 11) is -1.91. The van der Waals surface area contributed by atoms with E-state index in [1.807, 2.05) is 44.2 Å². The first-order valence-corrected chi connectivity index (χ1v) is 16.7. The normalized spacial score (nSPS) is 21.3. The van der Waals surface area contributed by atoms with Crippen molar-refractivity contribution in [1.82, 2.24) is 9.21 Å². The highest BCUT2D eigenvalue weighted by atomic mass is 32.2. The van der Waals surface area contributed by atoms with Crippen molar-refractivity contribution in [2.24, 2.45) is 5.92 Å². The number of hydrogen-bond donors (Lipinski definition) is 1. The van der Waals surface area contributed by atoms with Crippen LogP contribution in [-0.4, -0.2) is 87.7 Å². The molecule has 0 unspecified atom stereocenters. The molecule has 0 spiro atoms. The lowest BCUT2D eigenvalue weighted by Crippen LogP contribution is -2.40. The average molecular weight is 619 g/mol. The molecule has 11 nitrogen and oxygen atoms in total. The van der Waals surface area contributed by atoms with Crippen LogP contribution in [0.5, 0.6) is 28.7 Å². The van der Waals surface area contributed by atoms with Gasteiger partial charge < -0.3 is 28.8 Å². The van der Waals surface area contributed by atoms with Crippen molar-refractivity contribution in [3.8, 4) is 28.7 Å². The van der Waals surface area contributed by atoms with Crippen molar-refractivity contribution < 1.29 is 42.0 Å². The standard InChI is InChI=1S/C31H42N2O9S/c1-4-6-7-15-43(36,37)33(10-5-2)12-11-32-19-23(22-17-26(38-3)30-27(18-22)41-20-42-30)28(31(34)35)29(32)21-8-9-24-25(16-21)40-14-13-39-24/h8-9,16-18,23,28-29H,4-7,10-15,19-20H2,1-3H3,(H,34,35)/t23-,28-,29+/m1/s1. The van der Waals surface area contributed by atoms with E-state index in [0.717, 1.165) is 24.0 Å². The maximum atomic E-state index is 13.3. The number of sulfonamides is 1. The summed E-state index contributed by atoms with van der Waals surface area (Å²) in [5.41, 5.74) is 1.54. The Morgan fingerprint density at radius 3 is 2.47 bits per heavy atom. The SMILES string of the molecule is CCCCCS(=O)(=O)N(CCC)CCN1C[C@H](c2cc(OC)c3c(c2)OCO3)[C@@H](C(=O)O)[C@@H]1c1ccc2c(c1)OCCO2. The van der Waals surface area contributed by atoms with Crippen molar-refractivity contribution in [3.05, 3.63) is 41.5 Å². The van der Waals surface area contributed by atoms with Crippen molar-refractivity contribution in [2.75, 3.05) is 59.0 Å². The van der Waals surface area contributed by atoms with Crippen LogP contribution in [0, 0.1) is 5.92 Å². The summed E-state index contributed by atoms with van der Waals surface area (Å²) < 4.78 is 56.5. The second-order valence-corrected chi connectivity index (χ2v) is 13.3. The highest BCUT2D eigenvalue weighted by molar-refractivity contribution is 7.89. The highest BCUT2D eigenvalue weighted by Gasteiger charge is 2.48. The van der Waals surface area contributed by atoms with Gasteiger partial charge in [-0.1, -0.05) is 32.8 Å². The number of carbonyl (C=O) groups is 1. The molecule has 0 aliphatic carbocycles. The topological polar surface area (TPSA) is 124 Å². The molecule has 0 aromatic heterocycles. The number of nitrogens with zero attached hydrogens (tertiary/aromatic N) is 2. The number of unbranched alkanes of at least 4 members (excludes halogenated alkanes) is 2. The number of carboxylic acids is 1. The minimum atomic E-state index is -3.45. The number of fused-ring (bicyclic) bond motifs is 2. The van der Waals surface area contributed by atoms with Gasteiger partial charge in [0, 0.05) is 38.1 Å². The van der Waals surface area contributed by atoms with Gasteiger partial charge in [0.25, 0.3) is 0 Å². The van der Waals surface area contributed by atoms with Crippen LogP contribution in [0.4, 0.5) is 0 Å². The van der Waals surface area contributed by atoms with Crippen LogP contribution in [0.15, 0.2) is 30.3 Å². The van der Waals surface area contributed by atoms with E-state index in [-0.39, 0.29) is 19.1 Å². The molecule has 12 heteroatoms. The maximum Gasteiger partial charge on any atom is 0.309 e. The van der Waals surface area contributed by atoms with Gasteiger partial charge in [-0.3, -0.25) is 9.69 Å². The Morgan fingerprint density at radius 2 is 1.74 bits per heavy atom. The van der Waals surface area contributed by atoms with E-state index in [1.54, 1.807) is 4.31 Å². The third kappa shape index (κ3) is 6.66. The van der Waals surface area contributed by atoms with Gasteiger partial charge in [0.1, 0.15) is 13.2 Å². The number of benzene rings is 2. The fourth-order valence-corrected chi connectivity index (χ4v) is 7.99. The predicted molar refractivity (Wildman–Crippen MR) is 160 cm³/mol. The minimum absolute atomic E-state index is 0.0636. The number of rotatable bonds is 14. The van der Waals surface area contributed by atoms with Gasteiger partial charge in [0.15, 0.2) is 23.0 Å². The van der Waals surface area contributed by atoms with Gasteiger partial charge in [-0.05, 0) is 48.2 Å². The number of carboxylic acid groups (broad SMARTS) is 1. The lowest BCUT2D eigenvalue weighted by atomic mass is 9.82. The van der Waals surface area contributed by atoms with E-state index in [4.69, 9.17) is 23.7 Å². The molecule has 3 aliphatic heterocycles. The lowest BCUT2D eigenvalue weighted by Gasteiger charge is -2.30. The summed E-state index contributed by atoms with van der Waals surface area (Å²) in [5.74, 6) is 0.595. The van der Waals surface area contributed by atoms with Crippen LogP contribution in [0.2, 0.25) is 0 Å². The Labute approximate surface area is 253 Å². The molecule has 1 saturated heterocycles. The average Bonchev–Trinajstić information content (AvgIpc) is 3.63. The van der Waals surface area contributed by atoms with Gasteiger partial charge in [0.05, 0.1) is 18.8 Å². The molecular weight excluding hydrogens is 576 g/mol. The first-order chi connectivity index (χ1) is 20.8. The zero-order chi connectivity index (χ0) is 30.6. The fourth-order valence-electron chi connectivity index (χ4n) is 6.35. The summed E-state index contributed by atoms with van der Waals surface area (Å²) in [4.78, 5) is 15.2. The highest BCUT2D eigenvalue weighted by Crippen LogP contribution is 2.51. The van der Waals surface area contributed by atoms with Crippen LogP contribution in [0.1, 0.15) is 62.6 Å². The zero-order valence-corrected chi connectivity index (χ0v) is 25.9. The van der Waals surface area contributed by atoms with E-state index in [1.165, 1.54) is 7.11 Å². The third-order valence-corrected chi connectivity index (χ3v) is 10.4. The molecule has 0 amide bonds. The summed E-state index contributed by atoms with van der Waals surface area (Å²) in [6.07, 6.45) is 3.11. The number of aliphatic carboxylic acids is 1. The van der Waals surface area contributed by atoms with E-state index >= 15 is 0 Å². The molecular formula is C31H42N2O9S. The lowest BCUT2D eigenvalue weighted by molar-refractivity contribution is -0.143. The first-order valence-electron chi connectivity index (χ1n) is 15.1. The summed E-state index contributed by atoms with van der Waals surface area (Å²) in [6, 6.07) is 8.67. The second kappa shape index (κ2) is 13.6. The number of ether oxygens (including phenoxy) is 5. The Bertz CT molecular complexity index is 1400. The molecule has 1 N–H and O–H groups in total. The van der Waals surface area contributed by atoms with Crippen molar-refractivity contribution in [2.45, 2.75) is 51.5 Å². The molecule has 0 radical (unpaired) electrons. The molecule has 0 saturated carbocycles. The van der Waals surface area contributed by atoms with Crippen LogP contribution >= 0.6 is 0 Å². The monoisotopic (exact) mass is 618 g/mol. The van der Waals surface area contributed by atoms with Crippen LogP contribution in [-0.2, 0) is 14.8 Å². The molecule has 236 valence electrons. The van der Waals surface area contributed by atoms with E-state index < -0.39 is 33.9 Å². The molecule has 1 fully saturated rings. The summed E-state index contributed by atoms with van der Waals surface area (Å²) in [5, 5.41) is 10.7. The van der Waals surface area contributed by atoms with E-state index in [2.05, 4.69) is 4.90 Å². The molecule has 2 aromatic carbocycles. The van der Waals surface area contributed by atoms with Gasteiger partial charge in [-0.25, -0.2) is 12.7 Å². The van der Waals surface area contributed by atoms with E-state index in [9.17, 15) is 18.3 Å². The quantitative estimate of drug-likeness (QED) is 0.307. The van der Waals surface area contributed by atoms with Crippen LogP contribution in [0.3, 0.4) is 0 Å². The minimum Gasteiger partial charge on any atom is -0.493 e. The van der Waals surface area contributed by atoms with Gasteiger partial charge >= 0.3 is 5.97 Å². The second-order valence-electron chi connectivity index (χ2n) is 11.2. The number of methoxy groups -OCH3 is 1. The molecule has 2 aromatic rings. The Kier molecular flexibility index (Phi) is 9.88. The third-order valence-electron chi connectivity index (χ3n) is 8.41. The van der Waals surface area contributed by atoms with Crippen molar-refractivity contribution >= 4 is 16.0 Å². The zero-order valence-electron chi connectivity index (χ0n) is 25.1. The first kappa shape index (κ1) is 31.2. The summed E-state index contributed by atoms with van der Waals surface area (Å²) >= 11 is 0. The number of hydrogen-bond acceptors (Lipinski definition) is 9. The van der Waals surface area contributed by atoms with Gasteiger partial charge in [-0.2, -0.15) is 0 Å². The van der Waals surface area contributed by atoms with E-state index in [0.29, 0.717) is 74.4 Å². The van der Waals surface area contributed by atoms with Crippen LogP contribution < -0.4 is 23.7 Å². The molecule has 3 aliphatic rings. The smallest absolute Gasteiger partial charge is 0.309 e. The van der Waals surface area contributed by atoms with Crippen molar-refractivity contribution in [1.29, 1.82) is 0 Å². The molecule has 3 atom stereocenters.